The van der Waals surface area contributed by atoms with E-state index in [2.05, 4.69) is 22.1 Å². The Morgan fingerprint density at radius 1 is 1.38 bits per heavy atom. The van der Waals surface area contributed by atoms with Crippen molar-refractivity contribution in [3.05, 3.63) is 29.8 Å². The molecule has 1 fully saturated rings. The molecule has 2 rings (SSSR count). The van der Waals surface area contributed by atoms with Crippen molar-refractivity contribution in [2.45, 2.75) is 13.0 Å². The van der Waals surface area contributed by atoms with Crippen molar-refractivity contribution in [1.29, 1.82) is 0 Å². The van der Waals surface area contributed by atoms with Crippen LogP contribution in [0.2, 0.25) is 0 Å². The Balaban J connectivity index is 1.97. The third kappa shape index (κ3) is 4.46. The van der Waals surface area contributed by atoms with Crippen LogP contribution in [-0.2, 0) is 9.84 Å². The topological polar surface area (TPSA) is 62.3 Å². The first-order chi connectivity index (χ1) is 9.91. The minimum atomic E-state index is -2.85. The van der Waals surface area contributed by atoms with E-state index in [0.29, 0.717) is 13.1 Å². The Kier molecular flexibility index (Phi) is 5.29. The molecule has 1 aliphatic heterocycles. The van der Waals surface area contributed by atoms with Gasteiger partial charge in [-0.05, 0) is 25.1 Å². The number of nitrogens with zero attached hydrogens (tertiary/aromatic N) is 2. The van der Waals surface area contributed by atoms with Crippen molar-refractivity contribution < 1.29 is 12.8 Å². The number of pyridine rings is 1. The smallest absolute Gasteiger partial charge is 0.152 e. The molecule has 21 heavy (non-hydrogen) atoms. The van der Waals surface area contributed by atoms with Gasteiger partial charge in [-0.1, -0.05) is 6.92 Å². The largest absolute Gasteiger partial charge is 0.311 e. The van der Waals surface area contributed by atoms with Crippen LogP contribution >= 0.6 is 0 Å². The maximum absolute atomic E-state index is 13.0. The highest BCUT2D eigenvalue weighted by molar-refractivity contribution is 7.91. The molecule has 1 aromatic heterocycles. The second-order valence-electron chi connectivity index (χ2n) is 5.60. The van der Waals surface area contributed by atoms with Gasteiger partial charge in [0.25, 0.3) is 0 Å². The maximum Gasteiger partial charge on any atom is 0.152 e. The third-order valence-corrected chi connectivity index (χ3v) is 5.54. The highest BCUT2D eigenvalue weighted by Gasteiger charge is 2.26. The fraction of sp³-hybridized carbons (Fsp3) is 0.643. The van der Waals surface area contributed by atoms with Crippen LogP contribution in [0.1, 0.15) is 18.7 Å². The lowest BCUT2D eigenvalue weighted by Gasteiger charge is -2.32. The molecule has 7 heteroatoms. The van der Waals surface area contributed by atoms with Gasteiger partial charge in [0.15, 0.2) is 9.84 Å². The zero-order valence-electron chi connectivity index (χ0n) is 12.4. The second-order valence-corrected chi connectivity index (χ2v) is 7.90. The molecule has 2 unspecified atom stereocenters. The molecule has 0 bridgehead atoms. The molecule has 1 N–H and O–H groups in total. The lowest BCUT2D eigenvalue weighted by molar-refractivity contribution is 0.226. The predicted octanol–water partition coefficient (Wildman–Crippen LogP) is 0.848. The summed E-state index contributed by atoms with van der Waals surface area (Å²) in [6.07, 6.45) is 1.22. The lowest BCUT2D eigenvalue weighted by Crippen LogP contribution is -2.44. The fourth-order valence-electron chi connectivity index (χ4n) is 2.74. The van der Waals surface area contributed by atoms with Crippen LogP contribution < -0.4 is 5.32 Å². The molecule has 0 aliphatic carbocycles. The van der Waals surface area contributed by atoms with Gasteiger partial charge < -0.3 is 10.2 Å². The average molecular weight is 315 g/mol. The molecule has 0 saturated carbocycles. The number of sulfone groups is 1. The van der Waals surface area contributed by atoms with E-state index in [1.165, 1.54) is 12.3 Å². The van der Waals surface area contributed by atoms with Crippen molar-refractivity contribution in [2.75, 3.05) is 38.2 Å². The zero-order valence-corrected chi connectivity index (χ0v) is 13.2. The van der Waals surface area contributed by atoms with E-state index < -0.39 is 9.84 Å². The number of halogens is 1. The lowest BCUT2D eigenvalue weighted by atomic mass is 9.97. The number of hydrogen-bond donors (Lipinski definition) is 1. The van der Waals surface area contributed by atoms with Crippen LogP contribution in [0.15, 0.2) is 18.3 Å². The van der Waals surface area contributed by atoms with Crippen LogP contribution in [-0.4, -0.2) is 56.5 Å². The maximum atomic E-state index is 13.0. The van der Waals surface area contributed by atoms with Gasteiger partial charge in [0.05, 0.1) is 29.4 Å². The van der Waals surface area contributed by atoms with E-state index in [9.17, 15) is 12.8 Å². The minimum absolute atomic E-state index is 0.0177. The molecular formula is C14H22FN3O2S. The van der Waals surface area contributed by atoms with Gasteiger partial charge in [0, 0.05) is 19.6 Å². The summed E-state index contributed by atoms with van der Waals surface area (Å²) in [5.41, 5.74) is 0.802. The van der Waals surface area contributed by atoms with Gasteiger partial charge in [-0.15, -0.1) is 0 Å². The zero-order chi connectivity index (χ0) is 15.5. The quantitative estimate of drug-likeness (QED) is 0.873. The SMILES string of the molecule is CNC(c1ccc(F)cn1)C(C)CN1CCS(=O)(=O)CC1. The van der Waals surface area contributed by atoms with E-state index in [0.717, 1.165) is 12.2 Å². The van der Waals surface area contributed by atoms with Crippen molar-refractivity contribution in [3.63, 3.8) is 0 Å². The second kappa shape index (κ2) is 6.81. The Labute approximate surface area is 125 Å². The number of aromatic nitrogens is 1. The van der Waals surface area contributed by atoms with Crippen LogP contribution in [0, 0.1) is 11.7 Å². The first kappa shape index (κ1) is 16.3. The predicted molar refractivity (Wildman–Crippen MR) is 80.3 cm³/mol. The molecule has 1 aliphatic rings. The molecule has 2 heterocycles. The van der Waals surface area contributed by atoms with Crippen molar-refractivity contribution in [3.8, 4) is 0 Å². The average Bonchev–Trinajstić information content (AvgIpc) is 2.44. The van der Waals surface area contributed by atoms with Gasteiger partial charge in [0.2, 0.25) is 0 Å². The van der Waals surface area contributed by atoms with E-state index in [4.69, 9.17) is 0 Å². The van der Waals surface area contributed by atoms with E-state index in [-0.39, 0.29) is 29.3 Å². The molecule has 2 atom stereocenters. The molecule has 0 aromatic carbocycles. The molecule has 0 radical (unpaired) electrons. The van der Waals surface area contributed by atoms with E-state index in [1.54, 1.807) is 6.07 Å². The van der Waals surface area contributed by atoms with Crippen LogP contribution in [0.5, 0.6) is 0 Å². The van der Waals surface area contributed by atoms with Gasteiger partial charge in [-0.3, -0.25) is 4.98 Å². The summed E-state index contributed by atoms with van der Waals surface area (Å²) in [6.45, 7) is 4.05. The summed E-state index contributed by atoms with van der Waals surface area (Å²) >= 11 is 0. The summed E-state index contributed by atoms with van der Waals surface area (Å²) in [6, 6.07) is 3.12. The van der Waals surface area contributed by atoms with Crippen LogP contribution in [0.3, 0.4) is 0 Å². The molecule has 118 valence electrons. The van der Waals surface area contributed by atoms with Gasteiger partial charge in [-0.2, -0.15) is 0 Å². The standard InChI is InChI=1S/C14H22FN3O2S/c1-11(10-18-5-7-21(19,20)8-6-18)14(16-2)13-4-3-12(15)9-17-13/h3-4,9,11,14,16H,5-8,10H2,1-2H3. The number of rotatable bonds is 5. The van der Waals surface area contributed by atoms with Crippen molar-refractivity contribution >= 4 is 9.84 Å². The molecule has 0 amide bonds. The van der Waals surface area contributed by atoms with Gasteiger partial charge >= 0.3 is 0 Å². The minimum Gasteiger partial charge on any atom is -0.311 e. The van der Waals surface area contributed by atoms with Crippen LogP contribution in [0.4, 0.5) is 4.39 Å². The Morgan fingerprint density at radius 3 is 2.57 bits per heavy atom. The highest BCUT2D eigenvalue weighted by Crippen LogP contribution is 2.21. The van der Waals surface area contributed by atoms with E-state index >= 15 is 0 Å². The molecule has 0 spiro atoms. The van der Waals surface area contributed by atoms with Crippen molar-refractivity contribution in [2.24, 2.45) is 5.92 Å². The fourth-order valence-corrected chi connectivity index (χ4v) is 4.02. The Morgan fingerprint density at radius 2 is 2.05 bits per heavy atom. The van der Waals surface area contributed by atoms with Gasteiger partial charge in [-0.25, -0.2) is 12.8 Å². The van der Waals surface area contributed by atoms with Crippen molar-refractivity contribution in [1.82, 2.24) is 15.2 Å². The molecule has 5 nitrogen and oxygen atoms in total. The molecule has 1 aromatic rings. The van der Waals surface area contributed by atoms with Gasteiger partial charge in [0.1, 0.15) is 5.82 Å². The number of hydrogen-bond acceptors (Lipinski definition) is 5. The molecular weight excluding hydrogens is 293 g/mol. The summed E-state index contributed by atoms with van der Waals surface area (Å²) in [7, 11) is -0.991. The summed E-state index contributed by atoms with van der Waals surface area (Å²) in [4.78, 5) is 6.30. The monoisotopic (exact) mass is 315 g/mol. The summed E-state index contributed by atoms with van der Waals surface area (Å²) < 4.78 is 35.8. The summed E-state index contributed by atoms with van der Waals surface area (Å²) in [5.74, 6) is 0.369. The molecule has 1 saturated heterocycles. The Bertz CT molecular complexity index is 548. The highest BCUT2D eigenvalue weighted by atomic mass is 32.2. The number of nitrogens with one attached hydrogen (secondary N) is 1. The summed E-state index contributed by atoms with van der Waals surface area (Å²) in [5, 5.41) is 3.21. The normalized spacial score (nSPS) is 21.9. The Hall–Kier alpha value is -1.05. The van der Waals surface area contributed by atoms with E-state index in [1.807, 2.05) is 7.05 Å². The third-order valence-electron chi connectivity index (χ3n) is 3.93. The van der Waals surface area contributed by atoms with Crippen LogP contribution in [0.25, 0.3) is 0 Å². The first-order valence-electron chi connectivity index (χ1n) is 7.13. The first-order valence-corrected chi connectivity index (χ1v) is 8.95.